The third kappa shape index (κ3) is 3.86. The Morgan fingerprint density at radius 1 is 1.00 bits per heavy atom. The number of hydrogen-bond donors (Lipinski definition) is 1. The highest BCUT2D eigenvalue weighted by atomic mass is 79.9. The maximum absolute atomic E-state index is 12.4. The lowest BCUT2D eigenvalue weighted by Crippen LogP contribution is -2.14. The van der Waals surface area contributed by atoms with Crippen LogP contribution in [0.15, 0.2) is 54.7 Å². The summed E-state index contributed by atoms with van der Waals surface area (Å²) in [5, 5.41) is 9.05. The maximum atomic E-state index is 12.4. The monoisotopic (exact) mass is 492 g/mol. The molecule has 4 nitrogen and oxygen atoms in total. The van der Waals surface area contributed by atoms with E-state index in [1.54, 1.807) is 30.3 Å². The van der Waals surface area contributed by atoms with Crippen LogP contribution in [0, 0.1) is 11.3 Å². The number of nitrogens with zero attached hydrogens (tertiary/aromatic N) is 1. The van der Waals surface area contributed by atoms with E-state index in [4.69, 9.17) is 5.26 Å². The molecule has 0 amide bonds. The molecule has 0 bridgehead atoms. The first-order valence-corrected chi connectivity index (χ1v) is 9.37. The molecule has 0 radical (unpaired) electrons. The first-order chi connectivity index (χ1) is 9.83. The fourth-order valence-corrected chi connectivity index (χ4v) is 4.77. The summed E-state index contributed by atoms with van der Waals surface area (Å²) >= 11 is 9.74. The van der Waals surface area contributed by atoms with Gasteiger partial charge in [-0.3, -0.25) is 4.72 Å². The molecule has 0 saturated carbocycles. The summed E-state index contributed by atoms with van der Waals surface area (Å²) in [6, 6.07) is 11.5. The molecule has 0 heterocycles. The van der Waals surface area contributed by atoms with E-state index in [1.165, 1.54) is 6.07 Å². The smallest absolute Gasteiger partial charge is 0.263 e. The third-order valence-corrected chi connectivity index (χ3v) is 5.86. The Bertz CT molecular complexity index is 845. The minimum absolute atomic E-state index is 0.0922. The second kappa shape index (κ2) is 6.48. The van der Waals surface area contributed by atoms with Crippen molar-refractivity contribution >= 4 is 63.5 Å². The van der Waals surface area contributed by atoms with Gasteiger partial charge in [0.15, 0.2) is 0 Å². The highest BCUT2D eigenvalue weighted by Gasteiger charge is 2.19. The minimum Gasteiger partial charge on any atom is -0.278 e. The number of benzene rings is 2. The van der Waals surface area contributed by atoms with E-state index < -0.39 is 10.0 Å². The largest absolute Gasteiger partial charge is 0.278 e. The molecule has 1 N–H and O–H groups in total. The van der Waals surface area contributed by atoms with Crippen molar-refractivity contribution in [3.63, 3.8) is 0 Å². The SMILES string of the molecule is N#Cc1ccc(Br)cc1NS(=O)(=O)c1ccc(Br)cc1Br. The predicted octanol–water partition coefficient (Wildman–Crippen LogP) is 4.65. The minimum atomic E-state index is -3.80. The highest BCUT2D eigenvalue weighted by molar-refractivity contribution is 9.11. The zero-order chi connectivity index (χ0) is 15.6. The summed E-state index contributed by atoms with van der Waals surface area (Å²) < 4.78 is 29.2. The van der Waals surface area contributed by atoms with Crippen molar-refractivity contribution in [2.45, 2.75) is 4.90 Å². The van der Waals surface area contributed by atoms with Gasteiger partial charge in [0.25, 0.3) is 10.0 Å². The molecule has 0 aromatic heterocycles. The molecule has 2 aromatic rings. The number of nitrogens with one attached hydrogen (secondary N) is 1. The van der Waals surface area contributed by atoms with E-state index in [1.807, 2.05) is 6.07 Å². The molecule has 2 aromatic carbocycles. The summed E-state index contributed by atoms with van der Waals surface area (Å²) in [6.07, 6.45) is 0. The molecule has 8 heteroatoms. The second-order valence-electron chi connectivity index (χ2n) is 3.98. The number of sulfonamides is 1. The maximum Gasteiger partial charge on any atom is 0.263 e. The Morgan fingerprint density at radius 3 is 2.24 bits per heavy atom. The summed E-state index contributed by atoms with van der Waals surface area (Å²) in [5.41, 5.74) is 0.469. The molecule has 0 aliphatic carbocycles. The van der Waals surface area contributed by atoms with E-state index in [0.717, 1.165) is 4.47 Å². The number of halogens is 3. The van der Waals surface area contributed by atoms with Crippen molar-refractivity contribution < 1.29 is 8.42 Å². The molecular formula is C13H7Br3N2O2S. The molecule has 0 spiro atoms. The van der Waals surface area contributed by atoms with Gasteiger partial charge >= 0.3 is 0 Å². The van der Waals surface area contributed by atoms with Crippen LogP contribution in [0.5, 0.6) is 0 Å². The average molecular weight is 495 g/mol. The van der Waals surface area contributed by atoms with Crippen LogP contribution in [-0.2, 0) is 10.0 Å². The molecule has 0 saturated heterocycles. The van der Waals surface area contributed by atoms with Crippen molar-refractivity contribution in [3.05, 3.63) is 55.4 Å². The molecule has 0 aliphatic heterocycles. The van der Waals surface area contributed by atoms with Crippen LogP contribution in [0.1, 0.15) is 5.56 Å². The summed E-state index contributed by atoms with van der Waals surface area (Å²) in [4.78, 5) is 0.0922. The molecule has 0 aliphatic rings. The van der Waals surface area contributed by atoms with E-state index in [2.05, 4.69) is 52.5 Å². The summed E-state index contributed by atoms with van der Waals surface area (Å²) in [6.45, 7) is 0. The number of anilines is 1. The zero-order valence-electron chi connectivity index (χ0n) is 10.3. The Kier molecular flexibility index (Phi) is 5.09. The lowest BCUT2D eigenvalue weighted by Gasteiger charge is -2.11. The van der Waals surface area contributed by atoms with Gasteiger partial charge in [-0.25, -0.2) is 8.42 Å². The van der Waals surface area contributed by atoms with E-state index in [9.17, 15) is 8.42 Å². The molecular weight excluding hydrogens is 488 g/mol. The van der Waals surface area contributed by atoms with Gasteiger partial charge in [0.1, 0.15) is 11.0 Å². The lowest BCUT2D eigenvalue weighted by molar-refractivity contribution is 0.600. The van der Waals surface area contributed by atoms with Crippen LogP contribution in [0.2, 0.25) is 0 Å². The standard InChI is InChI=1S/C13H7Br3N2O2S/c14-9-3-4-13(11(16)5-9)21(19,20)18-12-6-10(15)2-1-8(12)7-17/h1-6,18H. The van der Waals surface area contributed by atoms with Gasteiger partial charge in [-0.15, -0.1) is 0 Å². The van der Waals surface area contributed by atoms with Gasteiger partial charge in [-0.05, 0) is 52.3 Å². The fourth-order valence-electron chi connectivity index (χ4n) is 1.59. The van der Waals surface area contributed by atoms with Crippen LogP contribution < -0.4 is 4.72 Å². The molecule has 0 fully saturated rings. The fraction of sp³-hybridized carbons (Fsp3) is 0. The molecule has 0 unspecified atom stereocenters. The molecule has 108 valence electrons. The third-order valence-electron chi connectivity index (χ3n) is 2.53. The van der Waals surface area contributed by atoms with Crippen molar-refractivity contribution in [3.8, 4) is 6.07 Å². The Balaban J connectivity index is 2.47. The summed E-state index contributed by atoms with van der Waals surface area (Å²) in [5.74, 6) is 0. The van der Waals surface area contributed by atoms with Crippen LogP contribution >= 0.6 is 47.8 Å². The molecule has 2 rings (SSSR count). The van der Waals surface area contributed by atoms with Crippen molar-refractivity contribution in [2.75, 3.05) is 4.72 Å². The van der Waals surface area contributed by atoms with Crippen LogP contribution in [0.3, 0.4) is 0 Å². The van der Waals surface area contributed by atoms with Crippen LogP contribution in [0.25, 0.3) is 0 Å². The lowest BCUT2D eigenvalue weighted by atomic mass is 10.2. The van der Waals surface area contributed by atoms with E-state index in [-0.39, 0.29) is 16.1 Å². The Hall–Kier alpha value is -0.880. The average Bonchev–Trinajstić information content (AvgIpc) is 2.37. The van der Waals surface area contributed by atoms with Gasteiger partial charge in [-0.2, -0.15) is 5.26 Å². The van der Waals surface area contributed by atoms with E-state index >= 15 is 0 Å². The zero-order valence-corrected chi connectivity index (χ0v) is 15.8. The van der Waals surface area contributed by atoms with Crippen molar-refractivity contribution in [2.24, 2.45) is 0 Å². The topological polar surface area (TPSA) is 70.0 Å². The van der Waals surface area contributed by atoms with Crippen molar-refractivity contribution in [1.29, 1.82) is 5.26 Å². The van der Waals surface area contributed by atoms with E-state index in [0.29, 0.717) is 8.95 Å². The van der Waals surface area contributed by atoms with Gasteiger partial charge in [0, 0.05) is 13.4 Å². The van der Waals surface area contributed by atoms with Crippen molar-refractivity contribution in [1.82, 2.24) is 0 Å². The second-order valence-corrected chi connectivity index (χ2v) is 8.32. The quantitative estimate of drug-likeness (QED) is 0.675. The van der Waals surface area contributed by atoms with Crippen LogP contribution in [-0.4, -0.2) is 8.42 Å². The first kappa shape index (κ1) is 16.5. The van der Waals surface area contributed by atoms with Gasteiger partial charge < -0.3 is 0 Å². The predicted molar refractivity (Wildman–Crippen MR) is 91.5 cm³/mol. The Morgan fingerprint density at radius 2 is 1.62 bits per heavy atom. The highest BCUT2D eigenvalue weighted by Crippen LogP contribution is 2.29. The number of rotatable bonds is 3. The molecule has 21 heavy (non-hydrogen) atoms. The molecule has 0 atom stereocenters. The Labute approximate surface area is 147 Å². The number of hydrogen-bond acceptors (Lipinski definition) is 3. The summed E-state index contributed by atoms with van der Waals surface area (Å²) in [7, 11) is -3.80. The van der Waals surface area contributed by atoms with Gasteiger partial charge in [-0.1, -0.05) is 31.9 Å². The number of nitriles is 1. The van der Waals surface area contributed by atoms with Crippen LogP contribution in [0.4, 0.5) is 5.69 Å². The van der Waals surface area contributed by atoms with Gasteiger partial charge in [0.2, 0.25) is 0 Å². The van der Waals surface area contributed by atoms with Gasteiger partial charge in [0.05, 0.1) is 11.3 Å². The first-order valence-electron chi connectivity index (χ1n) is 5.51. The normalized spacial score (nSPS) is 11.0.